The van der Waals surface area contributed by atoms with Crippen molar-refractivity contribution < 1.29 is 19.8 Å². The molecule has 0 aromatic rings. The number of hydrogen-bond acceptors (Lipinski definition) is 4. The van der Waals surface area contributed by atoms with Crippen molar-refractivity contribution in [3.63, 3.8) is 0 Å². The minimum absolute atomic E-state index is 0.0355. The van der Waals surface area contributed by atoms with Crippen LogP contribution >= 0.6 is 0 Å². The first kappa shape index (κ1) is 11.9. The van der Waals surface area contributed by atoms with Crippen molar-refractivity contribution in [2.75, 3.05) is 13.2 Å². The van der Waals surface area contributed by atoms with Crippen LogP contribution in [0.4, 0.5) is 0 Å². The fourth-order valence-corrected chi connectivity index (χ4v) is 1.57. The van der Waals surface area contributed by atoms with Gasteiger partial charge in [-0.15, -0.1) is 0 Å². The Bertz CT molecular complexity index is 238. The summed E-state index contributed by atoms with van der Waals surface area (Å²) in [5, 5.41) is 22.8. The summed E-state index contributed by atoms with van der Waals surface area (Å²) < 4.78 is 0. The summed E-state index contributed by atoms with van der Waals surface area (Å²) in [6.45, 7) is 0.533. The van der Waals surface area contributed by atoms with Crippen LogP contribution in [0.25, 0.3) is 0 Å². The summed E-state index contributed by atoms with van der Waals surface area (Å²) in [6.07, 6.45) is 1.70. The molecular formula is C9H16N2O4. The Balaban J connectivity index is 2.42. The predicted octanol–water partition coefficient (Wildman–Crippen LogP) is -1.31. The topological polar surface area (TPSA) is 98.7 Å². The molecule has 2 atom stereocenters. The fourth-order valence-electron chi connectivity index (χ4n) is 1.57. The second-order valence-corrected chi connectivity index (χ2v) is 3.56. The van der Waals surface area contributed by atoms with Crippen LogP contribution in [0.3, 0.4) is 0 Å². The summed E-state index contributed by atoms with van der Waals surface area (Å²) in [6, 6.07) is -1.28. The first-order valence-electron chi connectivity index (χ1n) is 5.02. The molecule has 15 heavy (non-hydrogen) atoms. The fraction of sp³-hybridized carbons (Fsp3) is 0.778. The van der Waals surface area contributed by atoms with E-state index in [2.05, 4.69) is 10.6 Å². The highest BCUT2D eigenvalue weighted by Crippen LogP contribution is 2.05. The van der Waals surface area contributed by atoms with Crippen LogP contribution < -0.4 is 10.6 Å². The van der Waals surface area contributed by atoms with E-state index in [0.29, 0.717) is 0 Å². The molecule has 86 valence electrons. The summed E-state index contributed by atoms with van der Waals surface area (Å²) in [7, 11) is 0. The van der Waals surface area contributed by atoms with E-state index in [1.807, 2.05) is 0 Å². The first-order valence-corrected chi connectivity index (χ1v) is 5.02. The number of carboxylic acid groups (broad SMARTS) is 1. The Morgan fingerprint density at radius 2 is 2.27 bits per heavy atom. The highest BCUT2D eigenvalue weighted by molar-refractivity contribution is 5.87. The van der Waals surface area contributed by atoms with E-state index in [-0.39, 0.29) is 25.0 Å². The van der Waals surface area contributed by atoms with Gasteiger partial charge >= 0.3 is 5.97 Å². The molecule has 0 aromatic heterocycles. The maximum Gasteiger partial charge on any atom is 0.326 e. The highest BCUT2D eigenvalue weighted by Gasteiger charge is 2.26. The van der Waals surface area contributed by atoms with Gasteiger partial charge in [-0.1, -0.05) is 0 Å². The lowest BCUT2D eigenvalue weighted by Gasteiger charge is -2.16. The van der Waals surface area contributed by atoms with E-state index in [9.17, 15) is 9.59 Å². The number of amides is 1. The normalized spacial score (nSPS) is 22.3. The number of hydrogen-bond donors (Lipinski definition) is 4. The van der Waals surface area contributed by atoms with Gasteiger partial charge in [0, 0.05) is 13.0 Å². The van der Waals surface area contributed by atoms with E-state index in [1.54, 1.807) is 0 Å². The summed E-state index contributed by atoms with van der Waals surface area (Å²) in [5.41, 5.74) is 0. The second-order valence-electron chi connectivity index (χ2n) is 3.56. The van der Waals surface area contributed by atoms with Gasteiger partial charge in [0.05, 0.1) is 6.04 Å². The van der Waals surface area contributed by atoms with Crippen molar-refractivity contribution >= 4 is 11.9 Å². The minimum Gasteiger partial charge on any atom is -0.480 e. The van der Waals surface area contributed by atoms with Crippen molar-refractivity contribution in [1.82, 2.24) is 10.6 Å². The van der Waals surface area contributed by atoms with Crippen LogP contribution in [0.5, 0.6) is 0 Å². The number of aliphatic carboxylic acids is 1. The molecule has 0 unspecified atom stereocenters. The standard InChI is InChI=1S/C9H16N2O4/c12-5-3-7(9(14)15)11-8(13)6-2-1-4-10-6/h6-7,10,12H,1-5H2,(H,11,13)(H,14,15)/t6-,7-/m0/s1. The molecule has 1 fully saturated rings. The number of carboxylic acids is 1. The van der Waals surface area contributed by atoms with E-state index in [1.165, 1.54) is 0 Å². The van der Waals surface area contributed by atoms with Crippen molar-refractivity contribution in [3.05, 3.63) is 0 Å². The molecule has 1 saturated heterocycles. The SMILES string of the molecule is O=C(O)[C@H](CCO)NC(=O)[C@@H]1CCCN1. The molecule has 0 aromatic carbocycles. The van der Waals surface area contributed by atoms with Gasteiger partial charge in [-0.3, -0.25) is 4.79 Å². The van der Waals surface area contributed by atoms with Crippen LogP contribution in [-0.2, 0) is 9.59 Å². The Kier molecular flexibility index (Phi) is 4.51. The maximum absolute atomic E-state index is 11.5. The molecule has 0 bridgehead atoms. The Labute approximate surface area is 87.7 Å². The molecule has 0 radical (unpaired) electrons. The van der Waals surface area contributed by atoms with Gasteiger partial charge < -0.3 is 20.8 Å². The van der Waals surface area contributed by atoms with Gasteiger partial charge in [-0.05, 0) is 19.4 Å². The van der Waals surface area contributed by atoms with Crippen LogP contribution in [0.2, 0.25) is 0 Å². The van der Waals surface area contributed by atoms with Gasteiger partial charge in [0.15, 0.2) is 0 Å². The zero-order chi connectivity index (χ0) is 11.3. The smallest absolute Gasteiger partial charge is 0.326 e. The Hall–Kier alpha value is -1.14. The average Bonchev–Trinajstić information content (AvgIpc) is 2.69. The number of carbonyl (C=O) groups is 2. The first-order chi connectivity index (χ1) is 7.15. The molecular weight excluding hydrogens is 200 g/mol. The lowest BCUT2D eigenvalue weighted by Crippen LogP contribution is -2.48. The van der Waals surface area contributed by atoms with Crippen molar-refractivity contribution in [2.24, 2.45) is 0 Å². The Morgan fingerprint density at radius 3 is 2.73 bits per heavy atom. The summed E-state index contributed by atoms with van der Waals surface area (Å²) >= 11 is 0. The molecule has 1 heterocycles. The van der Waals surface area contributed by atoms with Crippen molar-refractivity contribution in [1.29, 1.82) is 0 Å². The third kappa shape index (κ3) is 3.49. The minimum atomic E-state index is -1.12. The molecule has 0 aliphatic carbocycles. The highest BCUT2D eigenvalue weighted by atomic mass is 16.4. The summed E-state index contributed by atoms with van der Waals surface area (Å²) in [5.74, 6) is -1.41. The van der Waals surface area contributed by atoms with Crippen LogP contribution in [0.15, 0.2) is 0 Å². The zero-order valence-corrected chi connectivity index (χ0v) is 8.40. The van der Waals surface area contributed by atoms with Crippen molar-refractivity contribution in [2.45, 2.75) is 31.3 Å². The number of aliphatic hydroxyl groups is 1. The average molecular weight is 216 g/mol. The lowest BCUT2D eigenvalue weighted by molar-refractivity contribution is -0.142. The maximum atomic E-state index is 11.5. The monoisotopic (exact) mass is 216 g/mol. The second kappa shape index (κ2) is 5.67. The third-order valence-corrected chi connectivity index (χ3v) is 2.41. The molecule has 1 aliphatic rings. The molecule has 4 N–H and O–H groups in total. The summed E-state index contributed by atoms with van der Waals surface area (Å²) in [4.78, 5) is 22.2. The molecule has 0 saturated carbocycles. The van der Waals surface area contributed by atoms with Gasteiger partial charge in [0.25, 0.3) is 0 Å². The van der Waals surface area contributed by atoms with Gasteiger partial charge in [0.1, 0.15) is 6.04 Å². The molecule has 1 amide bonds. The number of nitrogens with one attached hydrogen (secondary N) is 2. The van der Waals surface area contributed by atoms with E-state index < -0.39 is 12.0 Å². The number of aliphatic hydroxyl groups excluding tert-OH is 1. The van der Waals surface area contributed by atoms with Gasteiger partial charge in [-0.25, -0.2) is 4.79 Å². The van der Waals surface area contributed by atoms with Crippen LogP contribution in [0.1, 0.15) is 19.3 Å². The van der Waals surface area contributed by atoms with Crippen molar-refractivity contribution in [3.8, 4) is 0 Å². The molecule has 1 aliphatic heterocycles. The quantitative estimate of drug-likeness (QED) is 0.457. The van der Waals surface area contributed by atoms with Gasteiger partial charge in [-0.2, -0.15) is 0 Å². The number of carbonyl (C=O) groups excluding carboxylic acids is 1. The molecule has 6 nitrogen and oxygen atoms in total. The van der Waals surface area contributed by atoms with E-state index >= 15 is 0 Å². The third-order valence-electron chi connectivity index (χ3n) is 2.41. The predicted molar refractivity (Wildman–Crippen MR) is 52.3 cm³/mol. The molecule has 1 rings (SSSR count). The zero-order valence-electron chi connectivity index (χ0n) is 8.40. The van der Waals surface area contributed by atoms with Gasteiger partial charge in [0.2, 0.25) is 5.91 Å². The van der Waals surface area contributed by atoms with E-state index in [4.69, 9.17) is 10.2 Å². The largest absolute Gasteiger partial charge is 0.480 e. The van der Waals surface area contributed by atoms with Crippen LogP contribution in [-0.4, -0.2) is 47.3 Å². The lowest BCUT2D eigenvalue weighted by atomic mass is 10.1. The van der Waals surface area contributed by atoms with E-state index in [0.717, 1.165) is 19.4 Å². The Morgan fingerprint density at radius 1 is 1.53 bits per heavy atom. The molecule has 6 heteroatoms. The van der Waals surface area contributed by atoms with Crippen LogP contribution in [0, 0.1) is 0 Å². The number of rotatable bonds is 5. The molecule has 0 spiro atoms.